The van der Waals surface area contributed by atoms with Crippen molar-refractivity contribution in [3.8, 4) is 0 Å². The molecule has 0 atom stereocenters. The summed E-state index contributed by atoms with van der Waals surface area (Å²) in [7, 11) is 0. The molecule has 20 heavy (non-hydrogen) atoms. The monoisotopic (exact) mass is 294 g/mol. The van der Waals surface area contributed by atoms with E-state index in [4.69, 9.17) is 0 Å². The van der Waals surface area contributed by atoms with Crippen LogP contribution < -0.4 is 9.80 Å². The van der Waals surface area contributed by atoms with E-state index in [2.05, 4.69) is 31.4 Å². The van der Waals surface area contributed by atoms with Gasteiger partial charge in [-0.1, -0.05) is 19.9 Å². The second-order valence-corrected chi connectivity index (χ2v) is 8.29. The average Bonchev–Trinajstić information content (AvgIpc) is 2.97. The molecule has 4 heteroatoms. The predicted octanol–water partition coefficient (Wildman–Crippen LogP) is -0.289. The predicted molar refractivity (Wildman–Crippen MR) is 79.9 cm³/mol. The minimum atomic E-state index is -0.0817. The van der Waals surface area contributed by atoms with Gasteiger partial charge in [-0.25, -0.2) is 0 Å². The molecule has 5 heterocycles. The first-order valence-electron chi connectivity index (χ1n) is 8.05. The van der Waals surface area contributed by atoms with E-state index in [1.165, 1.54) is 26.2 Å². The summed E-state index contributed by atoms with van der Waals surface area (Å²) in [5.41, 5.74) is 0.343. The molecule has 5 rings (SSSR count). The zero-order chi connectivity index (χ0) is 14.0. The molecule has 110 valence electrons. The lowest BCUT2D eigenvalue weighted by Crippen LogP contribution is -3.41. The molecule has 4 aliphatic heterocycles. The molecule has 0 saturated carbocycles. The first-order chi connectivity index (χ1) is 9.64. The number of nitrogens with one attached hydrogen (secondary N) is 2. The Morgan fingerprint density at radius 3 is 2.10 bits per heavy atom. The largest absolute Gasteiger partial charge is 0.391 e. The number of rotatable bonds is 3. The fourth-order valence-corrected chi connectivity index (χ4v) is 6.48. The third kappa shape index (κ3) is 1.51. The minimum absolute atomic E-state index is 0.0817. The molecule has 0 radical (unpaired) electrons. The van der Waals surface area contributed by atoms with Crippen molar-refractivity contribution in [2.45, 2.75) is 39.0 Å². The van der Waals surface area contributed by atoms with Crippen molar-refractivity contribution in [1.29, 1.82) is 0 Å². The molecule has 0 amide bonds. The van der Waals surface area contributed by atoms with E-state index in [1.807, 2.05) is 11.3 Å². The van der Waals surface area contributed by atoms with E-state index in [0.717, 1.165) is 12.8 Å². The maximum Gasteiger partial charge on any atom is 0.249 e. The SMILES string of the molecule is CCC12C[NH+]3CC(CC)(C[NH+](C1)C3c1cccs1)C2O. The van der Waals surface area contributed by atoms with Crippen molar-refractivity contribution in [1.82, 2.24) is 0 Å². The number of piperidine rings is 2. The molecule has 0 aromatic carbocycles. The highest BCUT2D eigenvalue weighted by molar-refractivity contribution is 7.09. The van der Waals surface area contributed by atoms with Gasteiger partial charge in [-0.15, -0.1) is 11.3 Å². The molecule has 4 saturated heterocycles. The number of aliphatic hydroxyl groups excluding tert-OH is 1. The van der Waals surface area contributed by atoms with Crippen LogP contribution in [0.4, 0.5) is 0 Å². The van der Waals surface area contributed by atoms with Gasteiger partial charge in [-0.05, 0) is 24.3 Å². The highest BCUT2D eigenvalue weighted by Crippen LogP contribution is 2.44. The maximum absolute atomic E-state index is 11.0. The lowest BCUT2D eigenvalue weighted by Gasteiger charge is -2.63. The molecule has 4 fully saturated rings. The lowest BCUT2D eigenvalue weighted by molar-refractivity contribution is -1.19. The van der Waals surface area contributed by atoms with E-state index < -0.39 is 0 Å². The summed E-state index contributed by atoms with van der Waals surface area (Å²) in [5, 5.41) is 13.2. The second-order valence-electron chi connectivity index (χ2n) is 7.31. The van der Waals surface area contributed by atoms with Gasteiger partial charge in [0.2, 0.25) is 6.17 Å². The summed E-state index contributed by atoms with van der Waals surface area (Å²) in [6, 6.07) is 4.50. The standard InChI is InChI=1S/C16H24N2OS/c1-3-15-8-17-10-16(4-2,14(15)19)11-18(9-15)13(17)12-6-5-7-20-12/h5-7,13-14,19H,3-4,8-11H2,1-2H3/p+2. The summed E-state index contributed by atoms with van der Waals surface area (Å²) in [5.74, 6) is 0. The molecule has 0 aliphatic carbocycles. The van der Waals surface area contributed by atoms with E-state index in [9.17, 15) is 5.11 Å². The first kappa shape index (κ1) is 13.3. The highest BCUT2D eigenvalue weighted by Gasteiger charge is 2.70. The molecule has 0 unspecified atom stereocenters. The Balaban J connectivity index is 1.75. The number of hydrogen-bond donors (Lipinski definition) is 3. The Kier molecular flexibility index (Phi) is 2.84. The van der Waals surface area contributed by atoms with E-state index in [1.54, 1.807) is 14.7 Å². The third-order valence-corrected chi connectivity index (χ3v) is 7.47. The van der Waals surface area contributed by atoms with Crippen molar-refractivity contribution < 1.29 is 14.9 Å². The van der Waals surface area contributed by atoms with E-state index in [0.29, 0.717) is 6.17 Å². The molecule has 0 spiro atoms. The topological polar surface area (TPSA) is 29.1 Å². The summed E-state index contributed by atoms with van der Waals surface area (Å²) in [6.07, 6.45) is 2.80. The molecule has 1 aromatic rings. The Hall–Kier alpha value is -0.420. The van der Waals surface area contributed by atoms with Gasteiger partial charge >= 0.3 is 0 Å². The Bertz CT molecular complexity index is 461. The first-order valence-corrected chi connectivity index (χ1v) is 8.93. The highest BCUT2D eigenvalue weighted by atomic mass is 32.1. The van der Waals surface area contributed by atoms with Gasteiger partial charge in [0.25, 0.3) is 0 Å². The summed E-state index contributed by atoms with van der Waals surface area (Å²) in [6.45, 7) is 9.22. The minimum Gasteiger partial charge on any atom is -0.391 e. The molecular formula is C16H26N2OS+2. The fraction of sp³-hybridized carbons (Fsp3) is 0.750. The van der Waals surface area contributed by atoms with Crippen molar-refractivity contribution in [3.63, 3.8) is 0 Å². The van der Waals surface area contributed by atoms with E-state index >= 15 is 0 Å². The van der Waals surface area contributed by atoms with Crippen molar-refractivity contribution in [2.24, 2.45) is 10.8 Å². The molecule has 4 bridgehead atoms. The zero-order valence-corrected chi connectivity index (χ0v) is 13.3. The zero-order valence-electron chi connectivity index (χ0n) is 12.5. The average molecular weight is 294 g/mol. The second kappa shape index (κ2) is 4.29. The molecule has 4 aliphatic rings. The number of aliphatic hydroxyl groups is 1. The summed E-state index contributed by atoms with van der Waals surface area (Å²) < 4.78 is 0. The van der Waals surface area contributed by atoms with Crippen molar-refractivity contribution in [3.05, 3.63) is 22.4 Å². The van der Waals surface area contributed by atoms with Crippen LogP contribution in [0.1, 0.15) is 37.7 Å². The van der Waals surface area contributed by atoms with Crippen LogP contribution in [-0.2, 0) is 0 Å². The van der Waals surface area contributed by atoms with Gasteiger partial charge in [0.1, 0.15) is 4.88 Å². The quantitative estimate of drug-likeness (QED) is 0.703. The number of thiophene rings is 1. The number of hydrogen-bond acceptors (Lipinski definition) is 2. The van der Waals surface area contributed by atoms with Gasteiger partial charge in [-0.3, -0.25) is 9.80 Å². The van der Waals surface area contributed by atoms with Gasteiger partial charge in [0, 0.05) is 0 Å². The van der Waals surface area contributed by atoms with Gasteiger partial charge in [0.05, 0.1) is 43.1 Å². The normalized spacial score (nSPS) is 49.8. The van der Waals surface area contributed by atoms with Crippen LogP contribution in [0.25, 0.3) is 0 Å². The molecule has 3 nitrogen and oxygen atoms in total. The van der Waals surface area contributed by atoms with Gasteiger partial charge < -0.3 is 5.11 Å². The lowest BCUT2D eigenvalue weighted by atomic mass is 9.57. The van der Waals surface area contributed by atoms with Crippen LogP contribution in [-0.4, -0.2) is 37.4 Å². The van der Waals surface area contributed by atoms with Gasteiger partial charge in [0.15, 0.2) is 0 Å². The molecular weight excluding hydrogens is 268 g/mol. The molecule has 1 aromatic heterocycles. The Morgan fingerprint density at radius 1 is 1.15 bits per heavy atom. The summed E-state index contributed by atoms with van der Waals surface area (Å²) in [4.78, 5) is 5.00. The summed E-state index contributed by atoms with van der Waals surface area (Å²) >= 11 is 1.91. The Morgan fingerprint density at radius 2 is 1.70 bits per heavy atom. The van der Waals surface area contributed by atoms with Crippen LogP contribution in [0.5, 0.6) is 0 Å². The van der Waals surface area contributed by atoms with Crippen molar-refractivity contribution in [2.75, 3.05) is 26.2 Å². The van der Waals surface area contributed by atoms with Crippen LogP contribution in [0.15, 0.2) is 17.5 Å². The van der Waals surface area contributed by atoms with Crippen LogP contribution in [0, 0.1) is 10.8 Å². The van der Waals surface area contributed by atoms with Crippen molar-refractivity contribution >= 4 is 11.3 Å². The smallest absolute Gasteiger partial charge is 0.249 e. The van der Waals surface area contributed by atoms with Crippen LogP contribution in [0.3, 0.4) is 0 Å². The van der Waals surface area contributed by atoms with Crippen LogP contribution in [0.2, 0.25) is 0 Å². The van der Waals surface area contributed by atoms with Crippen LogP contribution >= 0.6 is 11.3 Å². The van der Waals surface area contributed by atoms with Gasteiger partial charge in [-0.2, -0.15) is 0 Å². The third-order valence-electron chi connectivity index (χ3n) is 6.53. The maximum atomic E-state index is 11.0. The molecule has 3 N–H and O–H groups in total. The number of quaternary nitrogens is 2. The van der Waals surface area contributed by atoms with E-state index in [-0.39, 0.29) is 16.9 Å². The fourth-order valence-electron chi connectivity index (χ4n) is 5.54. The Labute approximate surface area is 125 Å².